The summed E-state index contributed by atoms with van der Waals surface area (Å²) in [6, 6.07) is 17.5. The zero-order valence-electron chi connectivity index (χ0n) is 14.9. The minimum absolute atomic E-state index is 0.120. The van der Waals surface area contributed by atoms with Gasteiger partial charge in [0.15, 0.2) is 0 Å². The van der Waals surface area contributed by atoms with Crippen LogP contribution in [0.15, 0.2) is 71.3 Å². The fourth-order valence-electron chi connectivity index (χ4n) is 2.71. The van der Waals surface area contributed by atoms with Gasteiger partial charge in [0.05, 0.1) is 29.8 Å². The lowest BCUT2D eigenvalue weighted by molar-refractivity contribution is -0.127. The van der Waals surface area contributed by atoms with E-state index >= 15 is 0 Å². The Kier molecular flexibility index (Phi) is 6.25. The molecule has 0 saturated carbocycles. The smallest absolute Gasteiger partial charge is 0.129 e. The van der Waals surface area contributed by atoms with Crippen molar-refractivity contribution in [2.75, 3.05) is 19.0 Å². The summed E-state index contributed by atoms with van der Waals surface area (Å²) in [6.07, 6.45) is 2.42. The van der Waals surface area contributed by atoms with E-state index < -0.39 is 16.4 Å². The molecule has 2 aromatic rings. The van der Waals surface area contributed by atoms with Gasteiger partial charge in [-0.25, -0.2) is 0 Å². The zero-order chi connectivity index (χ0) is 18.4. The molecule has 3 rings (SSSR count). The summed E-state index contributed by atoms with van der Waals surface area (Å²) in [4.78, 5) is 0.791. The molecule has 0 amide bonds. The fourth-order valence-corrected chi connectivity index (χ4v) is 3.78. The van der Waals surface area contributed by atoms with Crippen LogP contribution in [0.5, 0.6) is 0 Å². The molecule has 1 N–H and O–H groups in total. The summed E-state index contributed by atoms with van der Waals surface area (Å²) in [5, 5.41) is 9.80. The van der Waals surface area contributed by atoms with Gasteiger partial charge >= 0.3 is 0 Å². The molecule has 5 heteroatoms. The van der Waals surface area contributed by atoms with E-state index in [1.807, 2.05) is 67.6 Å². The Balaban J connectivity index is 1.58. The minimum Gasteiger partial charge on any atom is -0.494 e. The van der Waals surface area contributed by atoms with E-state index in [2.05, 4.69) is 0 Å². The van der Waals surface area contributed by atoms with Crippen molar-refractivity contribution in [1.29, 1.82) is 0 Å². The van der Waals surface area contributed by atoms with Crippen LogP contribution in [0, 0.1) is 6.92 Å². The van der Waals surface area contributed by atoms with Crippen molar-refractivity contribution in [3.8, 4) is 0 Å². The largest absolute Gasteiger partial charge is 0.494 e. The average Bonchev–Trinajstić information content (AvgIpc) is 2.69. The molecule has 2 aromatic carbocycles. The Morgan fingerprint density at radius 2 is 1.88 bits per heavy atom. The molecule has 0 fully saturated rings. The monoisotopic (exact) mass is 372 g/mol. The first-order valence-corrected chi connectivity index (χ1v) is 9.98. The molecular formula is C21H24O4S. The van der Waals surface area contributed by atoms with Gasteiger partial charge in [-0.15, -0.1) is 0 Å². The van der Waals surface area contributed by atoms with Gasteiger partial charge in [0.1, 0.15) is 18.0 Å². The summed E-state index contributed by atoms with van der Waals surface area (Å²) in [7, 11) is -1.15. The predicted octanol–water partition coefficient (Wildman–Crippen LogP) is 3.35. The third kappa shape index (κ3) is 4.81. The topological polar surface area (TPSA) is 55.8 Å². The minimum atomic E-state index is -1.15. The normalized spacial score (nSPS) is 20.9. The quantitative estimate of drug-likeness (QED) is 0.810. The molecule has 0 radical (unpaired) electrons. The molecule has 4 nitrogen and oxygen atoms in total. The lowest BCUT2D eigenvalue weighted by Gasteiger charge is -2.34. The predicted molar refractivity (Wildman–Crippen MR) is 102 cm³/mol. The van der Waals surface area contributed by atoms with Crippen molar-refractivity contribution in [3.05, 3.63) is 77.6 Å². The van der Waals surface area contributed by atoms with E-state index in [1.54, 1.807) is 0 Å². The molecule has 1 aliphatic rings. The second-order valence-electron chi connectivity index (χ2n) is 6.58. The van der Waals surface area contributed by atoms with Gasteiger partial charge in [-0.3, -0.25) is 4.21 Å². The SMILES string of the molecule is Cc1ccc([S@](=O)CC2=CC[C@](CO)(OCc3ccccc3)CO2)cc1. The van der Waals surface area contributed by atoms with E-state index in [1.165, 1.54) is 0 Å². The van der Waals surface area contributed by atoms with Crippen molar-refractivity contribution in [3.63, 3.8) is 0 Å². The van der Waals surface area contributed by atoms with Crippen molar-refractivity contribution in [2.24, 2.45) is 0 Å². The number of aliphatic hydroxyl groups excluding tert-OH is 1. The van der Waals surface area contributed by atoms with Gasteiger partial charge in [0.25, 0.3) is 0 Å². The lowest BCUT2D eigenvalue weighted by atomic mass is 9.99. The number of aryl methyl sites for hydroxylation is 1. The molecule has 0 unspecified atom stereocenters. The first-order valence-electron chi connectivity index (χ1n) is 8.66. The van der Waals surface area contributed by atoms with Crippen LogP contribution in [0.2, 0.25) is 0 Å². The molecule has 0 aromatic heterocycles. The molecule has 1 aliphatic heterocycles. The summed E-state index contributed by atoms with van der Waals surface area (Å²) in [6.45, 7) is 2.56. The maximum absolute atomic E-state index is 12.5. The first-order chi connectivity index (χ1) is 12.6. The van der Waals surface area contributed by atoms with Crippen LogP contribution in [-0.4, -0.2) is 33.9 Å². The third-order valence-electron chi connectivity index (χ3n) is 4.46. The van der Waals surface area contributed by atoms with Crippen molar-refractivity contribution in [2.45, 2.75) is 30.4 Å². The number of ether oxygens (including phenoxy) is 2. The number of benzene rings is 2. The number of hydrogen-bond acceptors (Lipinski definition) is 4. The molecule has 138 valence electrons. The highest BCUT2D eigenvalue weighted by atomic mass is 32.2. The van der Waals surface area contributed by atoms with Crippen LogP contribution >= 0.6 is 0 Å². The van der Waals surface area contributed by atoms with Crippen LogP contribution < -0.4 is 0 Å². The molecule has 26 heavy (non-hydrogen) atoms. The Morgan fingerprint density at radius 3 is 2.50 bits per heavy atom. The zero-order valence-corrected chi connectivity index (χ0v) is 15.7. The van der Waals surface area contributed by atoms with Gasteiger partial charge < -0.3 is 14.6 Å². The summed E-state index contributed by atoms with van der Waals surface area (Å²) in [5.41, 5.74) is 1.45. The summed E-state index contributed by atoms with van der Waals surface area (Å²) >= 11 is 0. The van der Waals surface area contributed by atoms with E-state index in [0.29, 0.717) is 24.5 Å². The Morgan fingerprint density at radius 1 is 1.15 bits per heavy atom. The van der Waals surface area contributed by atoms with Gasteiger partial charge in [-0.05, 0) is 30.7 Å². The molecule has 2 atom stereocenters. The maximum Gasteiger partial charge on any atom is 0.129 e. The third-order valence-corrected chi connectivity index (χ3v) is 5.80. The van der Waals surface area contributed by atoms with Crippen LogP contribution in [0.1, 0.15) is 17.5 Å². The Hall–Kier alpha value is -1.95. The maximum atomic E-state index is 12.5. The second kappa shape index (κ2) is 8.62. The average molecular weight is 372 g/mol. The van der Waals surface area contributed by atoms with Gasteiger partial charge in [-0.1, -0.05) is 48.0 Å². The van der Waals surface area contributed by atoms with E-state index in [-0.39, 0.29) is 13.2 Å². The van der Waals surface area contributed by atoms with E-state index in [0.717, 1.165) is 16.0 Å². The van der Waals surface area contributed by atoms with Crippen molar-refractivity contribution < 1.29 is 18.8 Å². The Labute approximate surface area is 156 Å². The molecule has 0 bridgehead atoms. The number of hydrogen-bond donors (Lipinski definition) is 1. The summed E-state index contributed by atoms with van der Waals surface area (Å²) < 4.78 is 24.2. The number of aliphatic hydroxyl groups is 1. The van der Waals surface area contributed by atoms with Gasteiger partial charge in [0, 0.05) is 11.3 Å². The highest BCUT2D eigenvalue weighted by Crippen LogP contribution is 2.27. The Bertz CT molecular complexity index is 770. The molecule has 0 aliphatic carbocycles. The lowest BCUT2D eigenvalue weighted by Crippen LogP contribution is -2.43. The molecule has 0 saturated heterocycles. The molecule has 0 spiro atoms. The number of rotatable bonds is 7. The highest BCUT2D eigenvalue weighted by Gasteiger charge is 2.34. The van der Waals surface area contributed by atoms with Crippen LogP contribution in [0.3, 0.4) is 0 Å². The first kappa shape index (κ1) is 18.8. The van der Waals surface area contributed by atoms with Crippen LogP contribution in [-0.2, 0) is 26.9 Å². The van der Waals surface area contributed by atoms with Crippen molar-refractivity contribution >= 4 is 10.8 Å². The van der Waals surface area contributed by atoms with Crippen molar-refractivity contribution in [1.82, 2.24) is 0 Å². The fraction of sp³-hybridized carbons (Fsp3) is 0.333. The molecule has 1 heterocycles. The molecular weight excluding hydrogens is 348 g/mol. The van der Waals surface area contributed by atoms with Crippen LogP contribution in [0.25, 0.3) is 0 Å². The van der Waals surface area contributed by atoms with E-state index in [4.69, 9.17) is 9.47 Å². The summed E-state index contributed by atoms with van der Waals surface area (Å²) in [5.74, 6) is 1.03. The second-order valence-corrected chi connectivity index (χ2v) is 8.03. The van der Waals surface area contributed by atoms with Crippen LogP contribution in [0.4, 0.5) is 0 Å². The van der Waals surface area contributed by atoms with Gasteiger partial charge in [-0.2, -0.15) is 0 Å². The standard InChI is InChI=1S/C21H24O4S/c1-17-7-9-20(10-8-17)26(23)14-19-11-12-21(15-22,16-24-19)25-13-18-5-3-2-4-6-18/h2-11,22H,12-16H2,1H3/t21-,26-/m1/s1. The highest BCUT2D eigenvalue weighted by molar-refractivity contribution is 7.85. The van der Waals surface area contributed by atoms with Gasteiger partial charge in [0.2, 0.25) is 0 Å². The van der Waals surface area contributed by atoms with E-state index in [9.17, 15) is 9.32 Å².